The van der Waals surface area contributed by atoms with E-state index in [0.29, 0.717) is 23.0 Å². The minimum absolute atomic E-state index is 0.156. The van der Waals surface area contributed by atoms with E-state index < -0.39 is 0 Å². The summed E-state index contributed by atoms with van der Waals surface area (Å²) in [7, 11) is 0. The summed E-state index contributed by atoms with van der Waals surface area (Å²) in [4.78, 5) is 37.0. The van der Waals surface area contributed by atoms with Crippen molar-refractivity contribution >= 4 is 16.7 Å². The van der Waals surface area contributed by atoms with Crippen molar-refractivity contribution in [1.29, 1.82) is 0 Å². The molecule has 0 aliphatic carbocycles. The fourth-order valence-electron chi connectivity index (χ4n) is 2.88. The zero-order valence-electron chi connectivity index (χ0n) is 14.8. The van der Waals surface area contributed by atoms with Gasteiger partial charge in [-0.2, -0.15) is 5.10 Å². The van der Waals surface area contributed by atoms with Gasteiger partial charge in [-0.15, -0.1) is 0 Å². The normalized spacial score (nSPS) is 10.7. The first-order valence-electron chi connectivity index (χ1n) is 8.64. The van der Waals surface area contributed by atoms with Crippen molar-refractivity contribution < 1.29 is 4.79 Å². The van der Waals surface area contributed by atoms with Gasteiger partial charge in [0.05, 0.1) is 30.4 Å². The Kier molecular flexibility index (Phi) is 4.83. The number of hydrogen-bond donors (Lipinski definition) is 1. The van der Waals surface area contributed by atoms with Crippen LogP contribution >= 0.6 is 0 Å². The van der Waals surface area contributed by atoms with E-state index in [1.54, 1.807) is 24.5 Å². The van der Waals surface area contributed by atoms with Gasteiger partial charge >= 0.3 is 0 Å². The lowest BCUT2D eigenvalue weighted by molar-refractivity contribution is 0.0945. The SMILES string of the molecule is O=C(NCc1nn(Cc2cccnc2)c(=O)c2ccccc12)c1cnccn1. The average Bonchev–Trinajstić information content (AvgIpc) is 2.76. The van der Waals surface area contributed by atoms with Crippen molar-refractivity contribution in [2.75, 3.05) is 0 Å². The van der Waals surface area contributed by atoms with Gasteiger partial charge in [-0.3, -0.25) is 19.6 Å². The molecule has 4 rings (SSSR count). The lowest BCUT2D eigenvalue weighted by atomic mass is 10.1. The van der Waals surface area contributed by atoms with Crippen molar-refractivity contribution in [2.24, 2.45) is 0 Å². The van der Waals surface area contributed by atoms with Crippen LogP contribution in [0.1, 0.15) is 21.7 Å². The smallest absolute Gasteiger partial charge is 0.274 e. The van der Waals surface area contributed by atoms with E-state index in [1.807, 2.05) is 24.3 Å². The number of fused-ring (bicyclic) bond motifs is 1. The van der Waals surface area contributed by atoms with E-state index in [1.165, 1.54) is 23.3 Å². The second-order valence-corrected chi connectivity index (χ2v) is 6.09. The van der Waals surface area contributed by atoms with Crippen LogP contribution in [0.3, 0.4) is 0 Å². The van der Waals surface area contributed by atoms with E-state index in [-0.39, 0.29) is 23.7 Å². The Labute approximate surface area is 159 Å². The number of nitrogens with zero attached hydrogens (tertiary/aromatic N) is 5. The molecule has 0 bridgehead atoms. The molecule has 8 nitrogen and oxygen atoms in total. The summed E-state index contributed by atoms with van der Waals surface area (Å²) in [5.74, 6) is -0.357. The highest BCUT2D eigenvalue weighted by molar-refractivity contribution is 5.92. The van der Waals surface area contributed by atoms with Crippen LogP contribution < -0.4 is 10.9 Å². The summed E-state index contributed by atoms with van der Waals surface area (Å²) >= 11 is 0. The molecule has 8 heteroatoms. The van der Waals surface area contributed by atoms with Crippen LogP contribution in [0.25, 0.3) is 10.8 Å². The molecule has 3 heterocycles. The van der Waals surface area contributed by atoms with E-state index in [4.69, 9.17) is 0 Å². The van der Waals surface area contributed by atoms with E-state index in [2.05, 4.69) is 25.4 Å². The van der Waals surface area contributed by atoms with Crippen molar-refractivity contribution in [2.45, 2.75) is 13.1 Å². The molecule has 138 valence electrons. The molecule has 3 aromatic heterocycles. The van der Waals surface area contributed by atoms with Crippen LogP contribution in [0.2, 0.25) is 0 Å². The monoisotopic (exact) mass is 372 g/mol. The van der Waals surface area contributed by atoms with Crippen molar-refractivity contribution in [3.63, 3.8) is 0 Å². The van der Waals surface area contributed by atoms with Crippen LogP contribution in [0.4, 0.5) is 0 Å². The summed E-state index contributed by atoms with van der Waals surface area (Å²) in [6.07, 6.45) is 7.72. The number of amides is 1. The molecule has 0 aliphatic heterocycles. The third-order valence-corrected chi connectivity index (χ3v) is 4.21. The fourth-order valence-corrected chi connectivity index (χ4v) is 2.88. The van der Waals surface area contributed by atoms with Crippen molar-refractivity contribution in [1.82, 2.24) is 30.0 Å². The molecule has 0 atom stereocenters. The predicted octanol–water partition coefficient (Wildman–Crippen LogP) is 1.56. The van der Waals surface area contributed by atoms with Crippen molar-refractivity contribution in [3.8, 4) is 0 Å². The van der Waals surface area contributed by atoms with Gasteiger partial charge in [-0.1, -0.05) is 24.3 Å². The first-order valence-corrected chi connectivity index (χ1v) is 8.64. The van der Waals surface area contributed by atoms with Gasteiger partial charge < -0.3 is 5.32 Å². The highest BCUT2D eigenvalue weighted by Crippen LogP contribution is 2.14. The van der Waals surface area contributed by atoms with Crippen LogP contribution in [-0.4, -0.2) is 30.6 Å². The molecule has 0 aliphatic rings. The maximum Gasteiger partial charge on any atom is 0.274 e. The highest BCUT2D eigenvalue weighted by atomic mass is 16.2. The number of aromatic nitrogens is 5. The quantitative estimate of drug-likeness (QED) is 0.570. The molecule has 1 aromatic carbocycles. The summed E-state index contributed by atoms with van der Waals surface area (Å²) in [5, 5.41) is 8.52. The van der Waals surface area contributed by atoms with Gasteiger partial charge in [-0.05, 0) is 17.7 Å². The van der Waals surface area contributed by atoms with Gasteiger partial charge in [-0.25, -0.2) is 9.67 Å². The van der Waals surface area contributed by atoms with Gasteiger partial charge in [0, 0.05) is 30.2 Å². The molecule has 1 amide bonds. The number of benzene rings is 1. The Hall–Kier alpha value is -3.94. The number of carbonyl (C=O) groups excluding carboxylic acids is 1. The Morgan fingerprint density at radius 3 is 2.54 bits per heavy atom. The lowest BCUT2D eigenvalue weighted by Crippen LogP contribution is -2.29. The van der Waals surface area contributed by atoms with Gasteiger partial charge in [0.2, 0.25) is 0 Å². The zero-order chi connectivity index (χ0) is 19.3. The topological polar surface area (TPSA) is 103 Å². The van der Waals surface area contributed by atoms with Gasteiger partial charge in [0.1, 0.15) is 5.69 Å². The molecule has 1 N–H and O–H groups in total. The van der Waals surface area contributed by atoms with Crippen LogP contribution in [0.5, 0.6) is 0 Å². The number of nitrogens with one attached hydrogen (secondary N) is 1. The Bertz CT molecular complexity index is 1180. The first-order chi connectivity index (χ1) is 13.7. The molecule has 0 unspecified atom stereocenters. The highest BCUT2D eigenvalue weighted by Gasteiger charge is 2.13. The third-order valence-electron chi connectivity index (χ3n) is 4.21. The Morgan fingerprint density at radius 1 is 0.964 bits per heavy atom. The molecular formula is C20H16N6O2. The van der Waals surface area contributed by atoms with Crippen LogP contribution in [-0.2, 0) is 13.1 Å². The molecule has 0 fully saturated rings. The Balaban J connectivity index is 1.68. The zero-order valence-corrected chi connectivity index (χ0v) is 14.8. The first kappa shape index (κ1) is 17.5. The number of hydrogen-bond acceptors (Lipinski definition) is 6. The Morgan fingerprint density at radius 2 is 1.79 bits per heavy atom. The maximum atomic E-state index is 12.8. The molecule has 4 aromatic rings. The summed E-state index contributed by atoms with van der Waals surface area (Å²) < 4.78 is 1.39. The minimum Gasteiger partial charge on any atom is -0.345 e. The van der Waals surface area contributed by atoms with E-state index in [9.17, 15) is 9.59 Å². The predicted molar refractivity (Wildman–Crippen MR) is 103 cm³/mol. The second-order valence-electron chi connectivity index (χ2n) is 6.09. The lowest BCUT2D eigenvalue weighted by Gasteiger charge is -2.12. The standard InChI is InChI=1S/C20H16N6O2/c27-19(18-11-22-8-9-23-18)24-12-17-15-5-1-2-6-16(15)20(28)26(25-17)13-14-4-3-7-21-10-14/h1-11H,12-13H2,(H,24,27). The summed E-state index contributed by atoms with van der Waals surface area (Å²) in [5.41, 5.74) is 1.48. The molecule has 0 radical (unpaired) electrons. The summed E-state index contributed by atoms with van der Waals surface area (Å²) in [6, 6.07) is 10.9. The number of rotatable bonds is 5. The number of carbonyl (C=O) groups is 1. The van der Waals surface area contributed by atoms with Crippen molar-refractivity contribution in [3.05, 3.63) is 94.7 Å². The molecule has 0 saturated heterocycles. The van der Waals surface area contributed by atoms with E-state index >= 15 is 0 Å². The minimum atomic E-state index is -0.357. The fraction of sp³-hybridized carbons (Fsp3) is 0.100. The molecule has 0 saturated carbocycles. The van der Waals surface area contributed by atoms with E-state index in [0.717, 1.165) is 5.56 Å². The largest absolute Gasteiger partial charge is 0.345 e. The molecular weight excluding hydrogens is 356 g/mol. The second kappa shape index (κ2) is 7.75. The van der Waals surface area contributed by atoms with Crippen LogP contribution in [0.15, 0.2) is 72.2 Å². The molecule has 0 spiro atoms. The van der Waals surface area contributed by atoms with Crippen LogP contribution in [0, 0.1) is 0 Å². The molecule has 28 heavy (non-hydrogen) atoms. The average molecular weight is 372 g/mol. The number of pyridine rings is 1. The summed E-state index contributed by atoms with van der Waals surface area (Å²) in [6.45, 7) is 0.450. The van der Waals surface area contributed by atoms with Gasteiger partial charge in [0.25, 0.3) is 11.5 Å². The van der Waals surface area contributed by atoms with Gasteiger partial charge in [0.15, 0.2) is 0 Å². The third kappa shape index (κ3) is 3.61. The maximum absolute atomic E-state index is 12.8.